The van der Waals surface area contributed by atoms with E-state index in [4.69, 9.17) is 16.7 Å². The maximum Gasteiger partial charge on any atom is 0.341 e. The lowest BCUT2D eigenvalue weighted by Crippen LogP contribution is -2.24. The van der Waals surface area contributed by atoms with Crippen LogP contribution in [-0.2, 0) is 5.54 Å². The zero-order chi connectivity index (χ0) is 15.5. The minimum Gasteiger partial charge on any atom is -0.477 e. The van der Waals surface area contributed by atoms with Crippen LogP contribution in [0.5, 0.6) is 0 Å². The van der Waals surface area contributed by atoms with E-state index in [1.165, 1.54) is 4.57 Å². The number of benzene rings is 1. The third kappa shape index (κ3) is 1.93. The molecule has 1 heterocycles. The zero-order valence-electron chi connectivity index (χ0n) is 10.9. The van der Waals surface area contributed by atoms with Gasteiger partial charge in [0, 0.05) is 11.7 Å². The molecule has 0 unspecified atom stereocenters. The Kier molecular flexibility index (Phi) is 2.85. The van der Waals surface area contributed by atoms with Crippen molar-refractivity contribution in [2.45, 2.75) is 25.3 Å². The number of fused-ring (bicyclic) bond motifs is 1. The van der Waals surface area contributed by atoms with Gasteiger partial charge in [-0.2, -0.15) is 0 Å². The molecule has 21 heavy (non-hydrogen) atoms. The van der Waals surface area contributed by atoms with Gasteiger partial charge in [0.25, 0.3) is 0 Å². The fraction of sp³-hybridized carbons (Fsp3) is 0.286. The van der Waals surface area contributed by atoms with Crippen LogP contribution in [0, 0.1) is 11.6 Å². The van der Waals surface area contributed by atoms with Crippen LogP contribution in [0.3, 0.4) is 0 Å². The van der Waals surface area contributed by atoms with Crippen molar-refractivity contribution in [2.75, 3.05) is 0 Å². The SMILES string of the molecule is CC1(n2cc(C(=O)O)c(=O)c3cc(Cl)c(F)c(F)c32)CC1. The Bertz CT molecular complexity index is 856. The van der Waals surface area contributed by atoms with Crippen molar-refractivity contribution < 1.29 is 18.7 Å². The summed E-state index contributed by atoms with van der Waals surface area (Å²) in [5.41, 5.74) is -2.12. The van der Waals surface area contributed by atoms with Crippen molar-refractivity contribution in [1.29, 1.82) is 0 Å². The van der Waals surface area contributed by atoms with Gasteiger partial charge < -0.3 is 9.67 Å². The van der Waals surface area contributed by atoms with Gasteiger partial charge in [-0.1, -0.05) is 11.6 Å². The molecule has 7 heteroatoms. The number of carbonyl (C=O) groups is 1. The van der Waals surface area contributed by atoms with E-state index in [0.29, 0.717) is 12.8 Å². The van der Waals surface area contributed by atoms with Crippen molar-refractivity contribution >= 4 is 28.5 Å². The maximum absolute atomic E-state index is 14.2. The summed E-state index contributed by atoms with van der Waals surface area (Å²) in [7, 11) is 0. The van der Waals surface area contributed by atoms with Gasteiger partial charge in [0.05, 0.1) is 15.9 Å². The monoisotopic (exact) mass is 313 g/mol. The van der Waals surface area contributed by atoms with Gasteiger partial charge in [-0.05, 0) is 25.8 Å². The van der Waals surface area contributed by atoms with E-state index in [-0.39, 0.29) is 10.9 Å². The Balaban J connectivity index is 2.55. The highest BCUT2D eigenvalue weighted by Gasteiger charge is 2.41. The van der Waals surface area contributed by atoms with Gasteiger partial charge in [-0.15, -0.1) is 0 Å². The van der Waals surface area contributed by atoms with Crippen LogP contribution in [0.25, 0.3) is 10.9 Å². The second kappa shape index (κ2) is 4.27. The predicted octanol–water partition coefficient (Wildman–Crippen LogP) is 3.14. The lowest BCUT2D eigenvalue weighted by atomic mass is 10.1. The summed E-state index contributed by atoms with van der Waals surface area (Å²) >= 11 is 5.57. The van der Waals surface area contributed by atoms with Gasteiger partial charge in [0.15, 0.2) is 11.6 Å². The minimum atomic E-state index is -1.42. The fourth-order valence-electron chi connectivity index (χ4n) is 2.39. The fourth-order valence-corrected chi connectivity index (χ4v) is 2.58. The zero-order valence-corrected chi connectivity index (χ0v) is 11.7. The molecule has 0 radical (unpaired) electrons. The molecule has 1 aliphatic carbocycles. The van der Waals surface area contributed by atoms with Gasteiger partial charge in [-0.25, -0.2) is 13.6 Å². The average molecular weight is 314 g/mol. The molecule has 1 fully saturated rings. The summed E-state index contributed by atoms with van der Waals surface area (Å²) in [6.07, 6.45) is 2.46. The van der Waals surface area contributed by atoms with Crippen LogP contribution in [0.2, 0.25) is 5.02 Å². The average Bonchev–Trinajstić information content (AvgIpc) is 3.16. The van der Waals surface area contributed by atoms with Gasteiger partial charge in [-0.3, -0.25) is 4.79 Å². The second-order valence-corrected chi connectivity index (χ2v) is 5.83. The molecule has 2 aromatic rings. The number of halogens is 3. The molecule has 3 rings (SSSR count). The van der Waals surface area contributed by atoms with E-state index in [0.717, 1.165) is 12.3 Å². The molecular weight excluding hydrogens is 304 g/mol. The van der Waals surface area contributed by atoms with Crippen molar-refractivity contribution in [3.05, 3.63) is 44.7 Å². The molecule has 0 spiro atoms. The van der Waals surface area contributed by atoms with Crippen molar-refractivity contribution in [3.8, 4) is 0 Å². The highest BCUT2D eigenvalue weighted by atomic mass is 35.5. The van der Waals surface area contributed by atoms with Crippen LogP contribution in [-0.4, -0.2) is 15.6 Å². The number of carboxylic acids is 1. The molecule has 110 valence electrons. The molecule has 1 saturated carbocycles. The summed E-state index contributed by atoms with van der Waals surface area (Å²) in [6.45, 7) is 1.79. The third-order valence-electron chi connectivity index (χ3n) is 3.91. The van der Waals surface area contributed by atoms with Crippen molar-refractivity contribution in [3.63, 3.8) is 0 Å². The van der Waals surface area contributed by atoms with E-state index in [1.54, 1.807) is 6.92 Å². The molecule has 0 aliphatic heterocycles. The van der Waals surface area contributed by atoms with E-state index in [9.17, 15) is 18.4 Å². The van der Waals surface area contributed by atoms with E-state index >= 15 is 0 Å². The first-order chi connectivity index (χ1) is 9.76. The van der Waals surface area contributed by atoms with Gasteiger partial charge in [0.1, 0.15) is 5.56 Å². The molecule has 1 aromatic carbocycles. The van der Waals surface area contributed by atoms with Crippen LogP contribution in [0.1, 0.15) is 30.1 Å². The third-order valence-corrected chi connectivity index (χ3v) is 4.19. The summed E-state index contributed by atoms with van der Waals surface area (Å²) in [4.78, 5) is 23.3. The highest BCUT2D eigenvalue weighted by molar-refractivity contribution is 6.31. The predicted molar refractivity (Wildman–Crippen MR) is 73.0 cm³/mol. The Hall–Kier alpha value is -1.95. The molecular formula is C14H10ClF2NO3. The van der Waals surface area contributed by atoms with Crippen LogP contribution in [0.15, 0.2) is 17.1 Å². The number of pyridine rings is 1. The molecule has 0 saturated heterocycles. The summed E-state index contributed by atoms with van der Waals surface area (Å²) < 4.78 is 29.3. The first-order valence-corrected chi connectivity index (χ1v) is 6.61. The van der Waals surface area contributed by atoms with Gasteiger partial charge >= 0.3 is 5.97 Å². The lowest BCUT2D eigenvalue weighted by molar-refractivity contribution is 0.0694. The van der Waals surface area contributed by atoms with E-state index in [1.807, 2.05) is 0 Å². The van der Waals surface area contributed by atoms with E-state index < -0.39 is 39.2 Å². The molecule has 1 aromatic heterocycles. The minimum absolute atomic E-state index is 0.230. The maximum atomic E-state index is 14.2. The van der Waals surface area contributed by atoms with Crippen LogP contribution < -0.4 is 5.43 Å². The number of nitrogens with zero attached hydrogens (tertiary/aromatic N) is 1. The molecule has 1 aliphatic rings. The number of hydrogen-bond acceptors (Lipinski definition) is 2. The first-order valence-electron chi connectivity index (χ1n) is 6.23. The number of aromatic carboxylic acids is 1. The van der Waals surface area contributed by atoms with Crippen LogP contribution >= 0.6 is 11.6 Å². The number of rotatable bonds is 2. The van der Waals surface area contributed by atoms with Crippen molar-refractivity contribution in [2.24, 2.45) is 0 Å². The molecule has 0 bridgehead atoms. The first kappa shape index (κ1) is 14.0. The summed E-state index contributed by atoms with van der Waals surface area (Å²) in [5, 5.41) is 8.34. The smallest absolute Gasteiger partial charge is 0.341 e. The molecule has 4 nitrogen and oxygen atoms in total. The second-order valence-electron chi connectivity index (χ2n) is 5.43. The largest absolute Gasteiger partial charge is 0.477 e. The summed E-state index contributed by atoms with van der Waals surface area (Å²) in [5.74, 6) is -3.90. The van der Waals surface area contributed by atoms with Crippen LogP contribution in [0.4, 0.5) is 8.78 Å². The Morgan fingerprint density at radius 3 is 2.52 bits per heavy atom. The Morgan fingerprint density at radius 2 is 2.00 bits per heavy atom. The molecule has 1 N–H and O–H groups in total. The summed E-state index contributed by atoms with van der Waals surface area (Å²) in [6, 6.07) is 0.978. The Labute approximate surface area is 122 Å². The normalized spacial score (nSPS) is 16.2. The highest BCUT2D eigenvalue weighted by Crippen LogP contribution is 2.45. The standard InChI is InChI=1S/C14H10ClF2NO3/c1-14(2-3-14)18-5-7(13(20)21)12(19)6-4-8(15)9(16)10(17)11(6)18/h4-5H,2-3H2,1H3,(H,20,21). The number of aromatic nitrogens is 1. The van der Waals surface area contributed by atoms with E-state index in [2.05, 4.69) is 0 Å². The topological polar surface area (TPSA) is 59.3 Å². The van der Waals surface area contributed by atoms with Gasteiger partial charge in [0.2, 0.25) is 5.43 Å². The molecule has 0 atom stereocenters. The number of carboxylic acid groups (broad SMARTS) is 1. The van der Waals surface area contributed by atoms with Crippen molar-refractivity contribution in [1.82, 2.24) is 4.57 Å². The number of hydrogen-bond donors (Lipinski definition) is 1. The quantitative estimate of drug-likeness (QED) is 0.867. The Morgan fingerprint density at radius 1 is 1.38 bits per heavy atom. The lowest BCUT2D eigenvalue weighted by Gasteiger charge is -2.19. The molecule has 0 amide bonds.